The van der Waals surface area contributed by atoms with Crippen LogP contribution in [-0.2, 0) is 10.0 Å². The fourth-order valence-corrected chi connectivity index (χ4v) is 4.71. The molecule has 0 amide bonds. The molecule has 0 aliphatic heterocycles. The van der Waals surface area contributed by atoms with Crippen molar-refractivity contribution in [3.05, 3.63) is 52.0 Å². The molecule has 0 radical (unpaired) electrons. The quantitative estimate of drug-likeness (QED) is 0.807. The van der Waals surface area contributed by atoms with Gasteiger partial charge in [0, 0.05) is 17.3 Å². The van der Waals surface area contributed by atoms with Crippen molar-refractivity contribution in [3.63, 3.8) is 0 Å². The van der Waals surface area contributed by atoms with Crippen molar-refractivity contribution in [2.24, 2.45) is 0 Å². The Kier molecular flexibility index (Phi) is 4.81. The monoisotopic (exact) mass is 388 g/mol. The number of anilines is 2. The number of rotatable bonds is 4. The zero-order valence-electron chi connectivity index (χ0n) is 11.3. The van der Waals surface area contributed by atoms with E-state index < -0.39 is 10.0 Å². The number of nitrogens with two attached hydrogens (primary N) is 1. The van der Waals surface area contributed by atoms with E-state index in [0.717, 1.165) is 0 Å². The summed E-state index contributed by atoms with van der Waals surface area (Å²) in [5.74, 6) is 0. The summed E-state index contributed by atoms with van der Waals surface area (Å²) >= 11 is 9.17. The molecule has 0 spiro atoms. The van der Waals surface area contributed by atoms with Crippen molar-refractivity contribution in [1.29, 1.82) is 0 Å². The van der Waals surface area contributed by atoms with E-state index in [0.29, 0.717) is 16.7 Å². The Balaban J connectivity index is 2.61. The molecule has 0 unspecified atom stereocenters. The topological polar surface area (TPSA) is 63.4 Å². The number of benzene rings is 2. The Labute approximate surface area is 137 Å². The Morgan fingerprint density at radius 1 is 1.24 bits per heavy atom. The van der Waals surface area contributed by atoms with Crippen LogP contribution in [0.3, 0.4) is 0 Å². The van der Waals surface area contributed by atoms with E-state index in [2.05, 4.69) is 15.9 Å². The van der Waals surface area contributed by atoms with Gasteiger partial charge in [-0.05, 0) is 47.1 Å². The van der Waals surface area contributed by atoms with Crippen LogP contribution in [0.25, 0.3) is 0 Å². The second kappa shape index (κ2) is 6.25. The lowest BCUT2D eigenvalue weighted by Gasteiger charge is -2.24. The van der Waals surface area contributed by atoms with Gasteiger partial charge in [-0.1, -0.05) is 29.8 Å². The van der Waals surface area contributed by atoms with Crippen LogP contribution in [0.1, 0.15) is 6.92 Å². The van der Waals surface area contributed by atoms with Crippen molar-refractivity contribution in [2.75, 3.05) is 16.6 Å². The van der Waals surface area contributed by atoms with Gasteiger partial charge in [-0.15, -0.1) is 0 Å². The van der Waals surface area contributed by atoms with Crippen LogP contribution >= 0.6 is 27.5 Å². The van der Waals surface area contributed by atoms with Crippen LogP contribution in [-0.4, -0.2) is 15.0 Å². The van der Waals surface area contributed by atoms with Gasteiger partial charge in [-0.2, -0.15) is 0 Å². The molecule has 2 rings (SSSR count). The lowest BCUT2D eigenvalue weighted by Crippen LogP contribution is -2.31. The van der Waals surface area contributed by atoms with Gasteiger partial charge in [0.2, 0.25) is 0 Å². The molecule has 0 saturated carbocycles. The van der Waals surface area contributed by atoms with Crippen LogP contribution in [0, 0.1) is 0 Å². The second-order valence-electron chi connectivity index (χ2n) is 4.31. The van der Waals surface area contributed by atoms with E-state index in [-0.39, 0.29) is 15.6 Å². The maximum atomic E-state index is 12.9. The standard InChI is InChI=1S/C14H14BrClN2O2S/c1-2-18(11-6-4-3-5-7-11)21(19,20)13-9-10(16)8-12(17)14(13)15/h3-9H,2,17H2,1H3. The Morgan fingerprint density at radius 2 is 1.86 bits per heavy atom. The minimum Gasteiger partial charge on any atom is -0.398 e. The number of nitrogens with zero attached hydrogens (tertiary/aromatic N) is 1. The summed E-state index contributed by atoms with van der Waals surface area (Å²) in [7, 11) is -3.76. The van der Waals surface area contributed by atoms with Crippen LogP contribution in [0.5, 0.6) is 0 Å². The third-order valence-electron chi connectivity index (χ3n) is 2.93. The van der Waals surface area contributed by atoms with E-state index in [9.17, 15) is 8.42 Å². The van der Waals surface area contributed by atoms with Gasteiger partial charge in [0.1, 0.15) is 4.90 Å². The number of hydrogen-bond donors (Lipinski definition) is 1. The largest absolute Gasteiger partial charge is 0.398 e. The maximum Gasteiger partial charge on any atom is 0.265 e. The Morgan fingerprint density at radius 3 is 2.43 bits per heavy atom. The molecule has 0 aromatic heterocycles. The van der Waals surface area contributed by atoms with Crippen LogP contribution in [0.15, 0.2) is 51.8 Å². The van der Waals surface area contributed by atoms with Gasteiger partial charge >= 0.3 is 0 Å². The first-order valence-electron chi connectivity index (χ1n) is 6.20. The van der Waals surface area contributed by atoms with E-state index in [1.54, 1.807) is 31.2 Å². The molecule has 0 fully saturated rings. The van der Waals surface area contributed by atoms with Gasteiger partial charge in [-0.3, -0.25) is 4.31 Å². The molecule has 0 aliphatic rings. The minimum atomic E-state index is -3.76. The van der Waals surface area contributed by atoms with Crippen molar-refractivity contribution >= 4 is 48.9 Å². The Hall–Kier alpha value is -1.24. The molecule has 0 saturated heterocycles. The third-order valence-corrected chi connectivity index (χ3v) is 6.22. The molecule has 0 bridgehead atoms. The highest BCUT2D eigenvalue weighted by Gasteiger charge is 2.27. The summed E-state index contributed by atoms with van der Waals surface area (Å²) in [5, 5.41) is 0.276. The number of halogens is 2. The average molecular weight is 390 g/mol. The van der Waals surface area contributed by atoms with Crippen molar-refractivity contribution < 1.29 is 8.42 Å². The minimum absolute atomic E-state index is 0.0539. The van der Waals surface area contributed by atoms with Gasteiger partial charge < -0.3 is 5.73 Å². The molecule has 0 aliphatic carbocycles. The normalized spacial score (nSPS) is 11.4. The zero-order chi connectivity index (χ0) is 15.6. The van der Waals surface area contributed by atoms with Gasteiger partial charge in [0.05, 0.1) is 10.2 Å². The van der Waals surface area contributed by atoms with Gasteiger partial charge in [0.25, 0.3) is 10.0 Å². The first-order chi connectivity index (χ1) is 9.87. The summed E-state index contributed by atoms with van der Waals surface area (Å²) < 4.78 is 27.4. The third kappa shape index (κ3) is 3.17. The van der Waals surface area contributed by atoms with Crippen LogP contribution < -0.4 is 10.0 Å². The SMILES string of the molecule is CCN(c1ccccc1)S(=O)(=O)c1cc(Cl)cc(N)c1Br. The molecular formula is C14H14BrClN2O2S. The summed E-state index contributed by atoms with van der Waals surface area (Å²) in [6.45, 7) is 2.07. The summed E-state index contributed by atoms with van der Waals surface area (Å²) in [4.78, 5) is 0.0539. The molecule has 2 N–H and O–H groups in total. The summed E-state index contributed by atoms with van der Waals surface area (Å²) in [5.41, 5.74) is 6.66. The lowest BCUT2D eigenvalue weighted by molar-refractivity contribution is 0.591. The van der Waals surface area contributed by atoms with E-state index in [1.807, 2.05) is 6.07 Å². The highest BCUT2D eigenvalue weighted by Crippen LogP contribution is 2.34. The van der Waals surface area contributed by atoms with Crippen molar-refractivity contribution in [2.45, 2.75) is 11.8 Å². The smallest absolute Gasteiger partial charge is 0.265 e. The number of sulfonamides is 1. The van der Waals surface area contributed by atoms with Crippen molar-refractivity contribution in [3.8, 4) is 0 Å². The van der Waals surface area contributed by atoms with Crippen LogP contribution in [0.2, 0.25) is 5.02 Å². The second-order valence-corrected chi connectivity index (χ2v) is 7.37. The Bertz CT molecular complexity index is 751. The lowest BCUT2D eigenvalue weighted by atomic mass is 10.3. The first-order valence-corrected chi connectivity index (χ1v) is 8.81. The average Bonchev–Trinajstić information content (AvgIpc) is 2.44. The number of para-hydroxylation sites is 1. The fraction of sp³-hybridized carbons (Fsp3) is 0.143. The first kappa shape index (κ1) is 16.1. The van der Waals surface area contributed by atoms with Crippen molar-refractivity contribution in [1.82, 2.24) is 0 Å². The van der Waals surface area contributed by atoms with E-state index in [1.165, 1.54) is 16.4 Å². The van der Waals surface area contributed by atoms with Crippen LogP contribution in [0.4, 0.5) is 11.4 Å². The highest BCUT2D eigenvalue weighted by atomic mass is 79.9. The molecule has 21 heavy (non-hydrogen) atoms. The predicted molar refractivity (Wildman–Crippen MR) is 90.2 cm³/mol. The molecule has 0 atom stereocenters. The zero-order valence-corrected chi connectivity index (χ0v) is 14.4. The maximum absolute atomic E-state index is 12.9. The fourth-order valence-electron chi connectivity index (χ4n) is 1.98. The summed E-state index contributed by atoms with van der Waals surface area (Å²) in [6.07, 6.45) is 0. The molecule has 0 heterocycles. The molecule has 2 aromatic rings. The predicted octanol–water partition coefficient (Wildman–Crippen LogP) is 3.90. The number of hydrogen-bond acceptors (Lipinski definition) is 3. The molecular weight excluding hydrogens is 376 g/mol. The number of nitrogen functional groups attached to an aromatic ring is 1. The molecule has 2 aromatic carbocycles. The van der Waals surface area contributed by atoms with Gasteiger partial charge in [-0.25, -0.2) is 8.42 Å². The van der Waals surface area contributed by atoms with E-state index >= 15 is 0 Å². The molecule has 7 heteroatoms. The highest BCUT2D eigenvalue weighted by molar-refractivity contribution is 9.10. The summed E-state index contributed by atoms with van der Waals surface area (Å²) in [6, 6.07) is 11.8. The molecule has 4 nitrogen and oxygen atoms in total. The van der Waals surface area contributed by atoms with E-state index in [4.69, 9.17) is 17.3 Å². The molecule has 112 valence electrons. The van der Waals surface area contributed by atoms with Gasteiger partial charge in [0.15, 0.2) is 0 Å².